The van der Waals surface area contributed by atoms with E-state index in [0.29, 0.717) is 12.8 Å². The van der Waals surface area contributed by atoms with Crippen LogP contribution in [0.2, 0.25) is 0 Å². The van der Waals surface area contributed by atoms with Crippen molar-refractivity contribution in [2.45, 2.75) is 24.7 Å². The fourth-order valence-corrected chi connectivity index (χ4v) is 3.44. The van der Waals surface area contributed by atoms with Crippen LogP contribution in [0.3, 0.4) is 0 Å². The van der Waals surface area contributed by atoms with Crippen LogP contribution in [0.15, 0.2) is 30.3 Å². The van der Waals surface area contributed by atoms with Gasteiger partial charge in [0.15, 0.2) is 0 Å². The Morgan fingerprint density at radius 1 is 1.16 bits per heavy atom. The fraction of sp³-hybridized carbons (Fsp3) is 0.467. The van der Waals surface area contributed by atoms with Gasteiger partial charge in [-0.25, -0.2) is 0 Å². The molecule has 1 aromatic rings. The number of amides is 2. The van der Waals surface area contributed by atoms with Crippen LogP contribution in [0.4, 0.5) is 0 Å². The Morgan fingerprint density at radius 3 is 2.58 bits per heavy atom. The molecule has 2 aliphatic heterocycles. The maximum Gasteiger partial charge on any atom is 0.237 e. The van der Waals surface area contributed by atoms with Crippen LogP contribution in [0.5, 0.6) is 0 Å². The van der Waals surface area contributed by atoms with Crippen molar-refractivity contribution in [3.63, 3.8) is 0 Å². The average Bonchev–Trinajstić information content (AvgIpc) is 2.95. The van der Waals surface area contributed by atoms with E-state index in [1.807, 2.05) is 30.3 Å². The highest BCUT2D eigenvalue weighted by atomic mass is 16.2. The number of nitrogens with one attached hydrogen (secondary N) is 2. The number of carbonyl (C=O) groups excluding carboxylic acids is 2. The summed E-state index contributed by atoms with van der Waals surface area (Å²) in [5.74, 6) is -0.00541. The predicted molar refractivity (Wildman–Crippen MR) is 71.5 cm³/mol. The average molecular weight is 258 g/mol. The summed E-state index contributed by atoms with van der Waals surface area (Å²) >= 11 is 0. The fourth-order valence-electron chi connectivity index (χ4n) is 3.44. The lowest BCUT2D eigenvalue weighted by Gasteiger charge is -2.40. The zero-order valence-corrected chi connectivity index (χ0v) is 10.8. The van der Waals surface area contributed by atoms with Crippen LogP contribution >= 0.6 is 0 Å². The van der Waals surface area contributed by atoms with Crippen LogP contribution in [-0.2, 0) is 15.0 Å². The van der Waals surface area contributed by atoms with Crippen LogP contribution in [0.25, 0.3) is 0 Å². The first-order valence-corrected chi connectivity index (χ1v) is 6.84. The molecule has 0 aromatic heterocycles. The first kappa shape index (κ1) is 12.4. The molecule has 100 valence electrons. The molecule has 2 atom stereocenters. The Balaban J connectivity index is 2.05. The number of hydrogen-bond donors (Lipinski definition) is 2. The quantitative estimate of drug-likeness (QED) is 0.777. The third kappa shape index (κ3) is 1.96. The SMILES string of the molecule is O=C1CCC(c2ccccc2)([C@@H]2CCNC2)C(=O)N1. The van der Waals surface area contributed by atoms with E-state index >= 15 is 0 Å². The van der Waals surface area contributed by atoms with E-state index in [2.05, 4.69) is 10.6 Å². The molecule has 0 bridgehead atoms. The predicted octanol–water partition coefficient (Wildman–Crippen LogP) is 0.970. The van der Waals surface area contributed by atoms with Crippen LogP contribution in [-0.4, -0.2) is 24.9 Å². The van der Waals surface area contributed by atoms with Gasteiger partial charge in [-0.05, 0) is 37.4 Å². The van der Waals surface area contributed by atoms with Gasteiger partial charge >= 0.3 is 0 Å². The Labute approximate surface area is 112 Å². The highest BCUT2D eigenvalue weighted by Crippen LogP contribution is 2.42. The maximum absolute atomic E-state index is 12.6. The van der Waals surface area contributed by atoms with E-state index in [1.165, 1.54) is 0 Å². The highest BCUT2D eigenvalue weighted by molar-refractivity contribution is 6.03. The van der Waals surface area contributed by atoms with Gasteiger partial charge in [-0.2, -0.15) is 0 Å². The molecule has 1 aromatic carbocycles. The third-order valence-electron chi connectivity index (χ3n) is 4.45. The molecule has 0 spiro atoms. The minimum Gasteiger partial charge on any atom is -0.316 e. The summed E-state index contributed by atoms with van der Waals surface area (Å²) in [6.45, 7) is 1.79. The van der Waals surface area contributed by atoms with Gasteiger partial charge in [0.2, 0.25) is 11.8 Å². The van der Waals surface area contributed by atoms with Gasteiger partial charge in [0.25, 0.3) is 0 Å². The van der Waals surface area contributed by atoms with Gasteiger partial charge in [-0.15, -0.1) is 0 Å². The lowest BCUT2D eigenvalue weighted by molar-refractivity contribution is -0.139. The third-order valence-corrected chi connectivity index (χ3v) is 4.45. The van der Waals surface area contributed by atoms with Gasteiger partial charge in [0.05, 0.1) is 5.41 Å². The van der Waals surface area contributed by atoms with Crippen molar-refractivity contribution in [1.29, 1.82) is 0 Å². The second-order valence-electron chi connectivity index (χ2n) is 5.40. The summed E-state index contributed by atoms with van der Waals surface area (Å²) in [5.41, 5.74) is 0.493. The smallest absolute Gasteiger partial charge is 0.237 e. The summed E-state index contributed by atoms with van der Waals surface area (Å²) in [5, 5.41) is 5.87. The number of rotatable bonds is 2. The molecule has 3 rings (SSSR count). The van der Waals surface area contributed by atoms with E-state index in [1.54, 1.807) is 0 Å². The molecule has 0 saturated carbocycles. The van der Waals surface area contributed by atoms with Crippen molar-refractivity contribution >= 4 is 11.8 Å². The van der Waals surface area contributed by atoms with Gasteiger partial charge in [-0.1, -0.05) is 30.3 Å². The number of carbonyl (C=O) groups is 2. The standard InChI is InChI=1S/C15H18N2O2/c18-13-6-8-15(14(19)17-13,12-7-9-16-10-12)11-4-2-1-3-5-11/h1-5,12,16H,6-10H2,(H,17,18,19)/t12-,15?/m1/s1. The summed E-state index contributed by atoms with van der Waals surface area (Å²) in [6, 6.07) is 9.89. The molecule has 0 radical (unpaired) electrons. The lowest BCUT2D eigenvalue weighted by Crippen LogP contribution is -2.55. The number of benzene rings is 1. The molecule has 19 heavy (non-hydrogen) atoms. The van der Waals surface area contributed by atoms with Crippen molar-refractivity contribution < 1.29 is 9.59 Å². The molecule has 2 fully saturated rings. The second kappa shape index (κ2) is 4.78. The molecule has 4 nitrogen and oxygen atoms in total. The maximum atomic E-state index is 12.6. The topological polar surface area (TPSA) is 58.2 Å². The number of imide groups is 1. The van der Waals surface area contributed by atoms with Crippen LogP contribution in [0, 0.1) is 5.92 Å². The number of hydrogen-bond acceptors (Lipinski definition) is 3. The van der Waals surface area contributed by atoms with E-state index in [9.17, 15) is 9.59 Å². The minimum atomic E-state index is -0.543. The molecule has 2 amide bonds. The Kier molecular flexibility index (Phi) is 3.11. The van der Waals surface area contributed by atoms with Gasteiger partial charge in [0.1, 0.15) is 0 Å². The van der Waals surface area contributed by atoms with E-state index in [4.69, 9.17) is 0 Å². The molecule has 2 heterocycles. The van der Waals surface area contributed by atoms with E-state index in [-0.39, 0.29) is 17.7 Å². The van der Waals surface area contributed by atoms with Crippen molar-refractivity contribution in [3.05, 3.63) is 35.9 Å². The molecule has 2 saturated heterocycles. The first-order valence-electron chi connectivity index (χ1n) is 6.84. The van der Waals surface area contributed by atoms with Crippen LogP contribution < -0.4 is 10.6 Å². The molecule has 0 aliphatic carbocycles. The summed E-state index contributed by atoms with van der Waals surface area (Å²) < 4.78 is 0. The van der Waals surface area contributed by atoms with Crippen molar-refractivity contribution in [3.8, 4) is 0 Å². The van der Waals surface area contributed by atoms with Gasteiger partial charge in [0, 0.05) is 6.42 Å². The van der Waals surface area contributed by atoms with Gasteiger partial charge < -0.3 is 5.32 Å². The zero-order valence-electron chi connectivity index (χ0n) is 10.8. The Hall–Kier alpha value is -1.68. The van der Waals surface area contributed by atoms with Crippen molar-refractivity contribution in [1.82, 2.24) is 10.6 Å². The zero-order chi connectivity index (χ0) is 13.3. The largest absolute Gasteiger partial charge is 0.316 e. The van der Waals surface area contributed by atoms with E-state index < -0.39 is 5.41 Å². The molecule has 2 N–H and O–H groups in total. The van der Waals surface area contributed by atoms with Gasteiger partial charge in [-0.3, -0.25) is 14.9 Å². The molecule has 2 aliphatic rings. The highest BCUT2D eigenvalue weighted by Gasteiger charge is 2.50. The first-order chi connectivity index (χ1) is 9.23. The van der Waals surface area contributed by atoms with Crippen molar-refractivity contribution in [2.75, 3.05) is 13.1 Å². The summed E-state index contributed by atoms with van der Waals surface area (Å²) in [6.07, 6.45) is 2.03. The number of piperidine rings is 1. The lowest BCUT2D eigenvalue weighted by atomic mass is 9.65. The molecular weight excluding hydrogens is 240 g/mol. The molecular formula is C15H18N2O2. The summed E-state index contributed by atoms with van der Waals surface area (Å²) in [7, 11) is 0. The summed E-state index contributed by atoms with van der Waals surface area (Å²) in [4.78, 5) is 24.0. The second-order valence-corrected chi connectivity index (χ2v) is 5.40. The normalized spacial score (nSPS) is 31.3. The molecule has 4 heteroatoms. The minimum absolute atomic E-state index is 0.122. The van der Waals surface area contributed by atoms with E-state index in [0.717, 1.165) is 25.1 Å². The Morgan fingerprint density at radius 2 is 1.95 bits per heavy atom. The Bertz CT molecular complexity index is 494. The monoisotopic (exact) mass is 258 g/mol. The van der Waals surface area contributed by atoms with Crippen molar-refractivity contribution in [2.24, 2.45) is 5.92 Å². The van der Waals surface area contributed by atoms with Crippen LogP contribution in [0.1, 0.15) is 24.8 Å². The molecule has 1 unspecified atom stereocenters.